The summed E-state index contributed by atoms with van der Waals surface area (Å²) in [5.74, 6) is 3.24. The monoisotopic (exact) mass is 355 g/mol. The van der Waals surface area contributed by atoms with Crippen LogP contribution in [0.15, 0.2) is 30.6 Å². The van der Waals surface area contributed by atoms with Gasteiger partial charge >= 0.3 is 0 Å². The molecule has 6 nitrogen and oxygen atoms in total. The van der Waals surface area contributed by atoms with Crippen molar-refractivity contribution < 1.29 is 4.79 Å². The first-order valence-corrected chi connectivity index (χ1v) is 9.70. The second kappa shape index (κ2) is 9.36. The highest BCUT2D eigenvalue weighted by molar-refractivity contribution is 5.75. The minimum absolute atomic E-state index is 0.157. The lowest BCUT2D eigenvalue weighted by Gasteiger charge is -2.21. The standard InChI is InChI=1S/C20H29N5O/c1-16-23-18(15-19(24-16)25-13-5-6-14-25)21-11-12-22-20(26)10-9-17-7-3-2-4-8-17/h5-6,13-15,17H,2-4,7-12H2,1H3,(H,22,26)(H,21,23,24). The van der Waals surface area contributed by atoms with Crippen LogP contribution in [0.25, 0.3) is 5.82 Å². The number of hydrogen-bond donors (Lipinski definition) is 2. The van der Waals surface area contributed by atoms with Gasteiger partial charge in [0, 0.05) is 38.0 Å². The molecular formula is C20H29N5O. The molecule has 1 amide bonds. The van der Waals surface area contributed by atoms with Gasteiger partial charge in [-0.2, -0.15) is 0 Å². The summed E-state index contributed by atoms with van der Waals surface area (Å²) in [5, 5.41) is 6.27. The lowest BCUT2D eigenvalue weighted by Crippen LogP contribution is -2.29. The summed E-state index contributed by atoms with van der Waals surface area (Å²) in [5.41, 5.74) is 0. The Morgan fingerprint density at radius 2 is 1.92 bits per heavy atom. The zero-order valence-electron chi connectivity index (χ0n) is 15.6. The summed E-state index contributed by atoms with van der Waals surface area (Å²) >= 11 is 0. The smallest absolute Gasteiger partial charge is 0.220 e. The van der Waals surface area contributed by atoms with Crippen molar-refractivity contribution in [1.29, 1.82) is 0 Å². The predicted molar refractivity (Wildman–Crippen MR) is 103 cm³/mol. The van der Waals surface area contributed by atoms with Gasteiger partial charge in [-0.3, -0.25) is 4.79 Å². The molecule has 2 aromatic heterocycles. The summed E-state index contributed by atoms with van der Waals surface area (Å²) < 4.78 is 1.95. The van der Waals surface area contributed by atoms with Gasteiger partial charge < -0.3 is 15.2 Å². The third-order valence-corrected chi connectivity index (χ3v) is 4.95. The Kier molecular flexibility index (Phi) is 6.63. The zero-order chi connectivity index (χ0) is 18.2. The number of anilines is 1. The highest BCUT2D eigenvalue weighted by Gasteiger charge is 2.14. The van der Waals surface area contributed by atoms with E-state index in [4.69, 9.17) is 0 Å². The van der Waals surface area contributed by atoms with Crippen LogP contribution in [0.1, 0.15) is 50.8 Å². The minimum atomic E-state index is 0.157. The van der Waals surface area contributed by atoms with Crippen molar-refractivity contribution in [1.82, 2.24) is 19.9 Å². The molecule has 1 fully saturated rings. The van der Waals surface area contributed by atoms with E-state index in [-0.39, 0.29) is 5.91 Å². The molecule has 0 aromatic carbocycles. The Morgan fingerprint density at radius 1 is 1.15 bits per heavy atom. The van der Waals surface area contributed by atoms with E-state index in [2.05, 4.69) is 20.6 Å². The van der Waals surface area contributed by atoms with Gasteiger partial charge in [-0.1, -0.05) is 32.1 Å². The van der Waals surface area contributed by atoms with E-state index in [0.717, 1.165) is 29.8 Å². The summed E-state index contributed by atoms with van der Waals surface area (Å²) in [7, 11) is 0. The lowest BCUT2D eigenvalue weighted by molar-refractivity contribution is -0.121. The first-order chi connectivity index (χ1) is 12.7. The van der Waals surface area contributed by atoms with Crippen LogP contribution in [0, 0.1) is 12.8 Å². The van der Waals surface area contributed by atoms with Crippen molar-refractivity contribution in [3.63, 3.8) is 0 Å². The molecule has 0 spiro atoms. The Balaban J connectivity index is 1.38. The minimum Gasteiger partial charge on any atom is -0.368 e. The van der Waals surface area contributed by atoms with E-state index < -0.39 is 0 Å². The molecule has 1 aliphatic carbocycles. The van der Waals surface area contributed by atoms with E-state index in [0.29, 0.717) is 19.5 Å². The van der Waals surface area contributed by atoms with E-state index in [9.17, 15) is 4.79 Å². The van der Waals surface area contributed by atoms with Crippen LogP contribution in [0.3, 0.4) is 0 Å². The molecule has 0 bridgehead atoms. The first kappa shape index (κ1) is 18.4. The third kappa shape index (κ3) is 5.58. The Morgan fingerprint density at radius 3 is 2.69 bits per heavy atom. The van der Waals surface area contributed by atoms with Crippen molar-refractivity contribution >= 4 is 11.7 Å². The summed E-state index contributed by atoms with van der Waals surface area (Å²) in [6, 6.07) is 5.85. The highest BCUT2D eigenvalue weighted by Crippen LogP contribution is 2.27. The van der Waals surface area contributed by atoms with Gasteiger partial charge in [0.2, 0.25) is 5.91 Å². The molecule has 2 aromatic rings. The maximum atomic E-state index is 12.0. The molecule has 26 heavy (non-hydrogen) atoms. The summed E-state index contributed by atoms with van der Waals surface area (Å²) in [6.07, 6.45) is 12.2. The number of carbonyl (C=O) groups excluding carboxylic acids is 1. The molecule has 0 radical (unpaired) electrons. The molecule has 3 rings (SSSR count). The van der Waals surface area contributed by atoms with E-state index in [1.807, 2.05) is 42.1 Å². The maximum absolute atomic E-state index is 12.0. The SMILES string of the molecule is Cc1nc(NCCNC(=O)CCC2CCCCC2)cc(-n2cccc2)n1. The number of carbonyl (C=O) groups is 1. The Hall–Kier alpha value is -2.37. The van der Waals surface area contributed by atoms with E-state index in [1.54, 1.807) is 0 Å². The van der Waals surface area contributed by atoms with Crippen LogP contribution in [0.4, 0.5) is 5.82 Å². The van der Waals surface area contributed by atoms with Crippen molar-refractivity contribution in [3.8, 4) is 5.82 Å². The van der Waals surface area contributed by atoms with Crippen LogP contribution in [0.5, 0.6) is 0 Å². The highest BCUT2D eigenvalue weighted by atomic mass is 16.1. The van der Waals surface area contributed by atoms with Gasteiger partial charge in [-0.05, 0) is 31.4 Å². The van der Waals surface area contributed by atoms with Crippen molar-refractivity contribution in [2.24, 2.45) is 5.92 Å². The van der Waals surface area contributed by atoms with Gasteiger partial charge in [-0.25, -0.2) is 9.97 Å². The molecule has 0 saturated heterocycles. The average Bonchev–Trinajstić information content (AvgIpc) is 3.19. The Bertz CT molecular complexity index is 692. The maximum Gasteiger partial charge on any atom is 0.220 e. The largest absolute Gasteiger partial charge is 0.368 e. The fourth-order valence-electron chi connectivity index (χ4n) is 3.55. The molecule has 2 heterocycles. The molecule has 0 atom stereocenters. The van der Waals surface area contributed by atoms with E-state index in [1.165, 1.54) is 32.1 Å². The van der Waals surface area contributed by atoms with Gasteiger partial charge in [-0.15, -0.1) is 0 Å². The molecule has 0 aliphatic heterocycles. The number of hydrogen-bond acceptors (Lipinski definition) is 4. The molecule has 2 N–H and O–H groups in total. The van der Waals surface area contributed by atoms with Gasteiger partial charge in [0.05, 0.1) is 0 Å². The number of nitrogens with one attached hydrogen (secondary N) is 2. The predicted octanol–water partition coefficient (Wildman–Crippen LogP) is 3.46. The fraction of sp³-hybridized carbons (Fsp3) is 0.550. The quantitative estimate of drug-likeness (QED) is 0.711. The second-order valence-corrected chi connectivity index (χ2v) is 7.07. The number of aromatic nitrogens is 3. The van der Waals surface area contributed by atoms with Crippen molar-refractivity contribution in [2.75, 3.05) is 18.4 Å². The number of aryl methyl sites for hydroxylation is 1. The molecule has 1 saturated carbocycles. The van der Waals surface area contributed by atoms with Crippen LogP contribution in [0.2, 0.25) is 0 Å². The third-order valence-electron chi connectivity index (χ3n) is 4.95. The average molecular weight is 355 g/mol. The number of rotatable bonds is 8. The van der Waals surface area contributed by atoms with Crippen LogP contribution >= 0.6 is 0 Å². The van der Waals surface area contributed by atoms with Crippen molar-refractivity contribution in [2.45, 2.75) is 51.9 Å². The molecule has 1 aliphatic rings. The Labute approximate surface area is 155 Å². The molecule has 6 heteroatoms. The summed E-state index contributed by atoms with van der Waals surface area (Å²) in [4.78, 5) is 20.8. The van der Waals surface area contributed by atoms with Crippen molar-refractivity contribution in [3.05, 3.63) is 36.4 Å². The first-order valence-electron chi connectivity index (χ1n) is 9.70. The summed E-state index contributed by atoms with van der Waals surface area (Å²) in [6.45, 7) is 3.13. The molecular weight excluding hydrogens is 326 g/mol. The number of amides is 1. The fourth-order valence-corrected chi connectivity index (χ4v) is 3.55. The normalized spacial score (nSPS) is 15.0. The number of nitrogens with zero attached hydrogens (tertiary/aromatic N) is 3. The zero-order valence-corrected chi connectivity index (χ0v) is 15.6. The lowest BCUT2D eigenvalue weighted by atomic mass is 9.86. The molecule has 0 unspecified atom stereocenters. The topological polar surface area (TPSA) is 71.8 Å². The van der Waals surface area contributed by atoms with E-state index >= 15 is 0 Å². The second-order valence-electron chi connectivity index (χ2n) is 7.07. The van der Waals surface area contributed by atoms with Crippen LogP contribution in [-0.2, 0) is 4.79 Å². The van der Waals surface area contributed by atoms with Gasteiger partial charge in [0.1, 0.15) is 17.5 Å². The van der Waals surface area contributed by atoms with Gasteiger partial charge in [0.15, 0.2) is 0 Å². The van der Waals surface area contributed by atoms with Crippen LogP contribution in [-0.4, -0.2) is 33.5 Å². The van der Waals surface area contributed by atoms with Gasteiger partial charge in [0.25, 0.3) is 0 Å². The van der Waals surface area contributed by atoms with Crippen LogP contribution < -0.4 is 10.6 Å². The molecule has 140 valence electrons.